The predicted octanol–water partition coefficient (Wildman–Crippen LogP) is 3.01. The third-order valence-electron chi connectivity index (χ3n) is 7.47. The molecular formula is C28H38N6O8S. The van der Waals surface area contributed by atoms with Crippen LogP contribution in [0.15, 0.2) is 32.1 Å². The van der Waals surface area contributed by atoms with E-state index in [-0.39, 0.29) is 60.0 Å². The summed E-state index contributed by atoms with van der Waals surface area (Å²) in [4.78, 5) is 29.6. The van der Waals surface area contributed by atoms with Crippen molar-refractivity contribution in [3.63, 3.8) is 0 Å². The molecular weight excluding hydrogens is 580 g/mol. The monoisotopic (exact) mass is 618 g/mol. The number of likely N-dealkylation sites (N-methyl/N-ethyl adjacent to an activating group) is 1. The number of carbonyl (C=O) groups is 2. The minimum absolute atomic E-state index is 0.0573. The standard InChI is InChI=1S/C28H38N6O8S/c1-15-12-34(16(2)14-35)25(36)11-21-10-22(32-43(38,39)27-18(4)31-42-20(27)6)8-9-23(21)40-24(15)13-33(7)28(37)29-26-17(3)30-41-19(26)5/h8-10,15-16,24,32,35H,11-14H2,1-7H3,(H,29,37)/t15-,16+,24+/m1/s1. The molecule has 3 aromatic rings. The van der Waals surface area contributed by atoms with Crippen LogP contribution in [0.1, 0.15) is 42.3 Å². The lowest BCUT2D eigenvalue weighted by atomic mass is 10.0. The van der Waals surface area contributed by atoms with Gasteiger partial charge in [-0.25, -0.2) is 13.2 Å². The van der Waals surface area contributed by atoms with E-state index in [2.05, 4.69) is 20.4 Å². The number of hydrogen-bond donors (Lipinski definition) is 3. The Kier molecular flexibility index (Phi) is 9.35. The van der Waals surface area contributed by atoms with Gasteiger partial charge < -0.3 is 34.0 Å². The van der Waals surface area contributed by atoms with Gasteiger partial charge in [-0.15, -0.1) is 0 Å². The third kappa shape index (κ3) is 6.94. The summed E-state index contributed by atoms with van der Waals surface area (Å²) in [6, 6.07) is 3.82. The summed E-state index contributed by atoms with van der Waals surface area (Å²) in [5, 5.41) is 20.3. The average Bonchev–Trinajstić information content (AvgIpc) is 3.47. The van der Waals surface area contributed by atoms with Gasteiger partial charge in [-0.05, 0) is 52.8 Å². The van der Waals surface area contributed by atoms with E-state index in [0.717, 1.165) is 0 Å². The first-order valence-corrected chi connectivity index (χ1v) is 15.3. The molecule has 0 spiro atoms. The summed E-state index contributed by atoms with van der Waals surface area (Å²) < 4.78 is 45.4. The van der Waals surface area contributed by atoms with Crippen LogP contribution in [0.4, 0.5) is 16.2 Å². The molecule has 3 atom stereocenters. The lowest BCUT2D eigenvalue weighted by Gasteiger charge is -2.34. The second-order valence-corrected chi connectivity index (χ2v) is 12.6. The van der Waals surface area contributed by atoms with Gasteiger partial charge in [0.1, 0.15) is 28.9 Å². The number of carbonyl (C=O) groups excluding carboxylic acids is 2. The maximum atomic E-state index is 13.5. The fourth-order valence-electron chi connectivity index (χ4n) is 4.99. The maximum absolute atomic E-state index is 13.5. The molecule has 3 N–H and O–H groups in total. The van der Waals surface area contributed by atoms with Crippen LogP contribution >= 0.6 is 0 Å². The SMILES string of the molecule is Cc1noc(C)c1NC(=O)N(C)C[C@@H]1Oc2ccc(NS(=O)(=O)c3c(C)noc3C)cc2CC(=O)N([C@@H](C)CO)C[C@H]1C. The summed E-state index contributed by atoms with van der Waals surface area (Å²) in [6.07, 6.45) is -0.661. The highest BCUT2D eigenvalue weighted by atomic mass is 32.2. The largest absolute Gasteiger partial charge is 0.488 e. The number of aliphatic hydroxyl groups is 1. The molecule has 1 aliphatic heterocycles. The van der Waals surface area contributed by atoms with Gasteiger partial charge in [0, 0.05) is 30.8 Å². The zero-order valence-electron chi connectivity index (χ0n) is 25.3. The lowest BCUT2D eigenvalue weighted by Crippen LogP contribution is -2.48. The molecule has 0 saturated carbocycles. The number of nitrogens with zero attached hydrogens (tertiary/aromatic N) is 4. The average molecular weight is 619 g/mol. The molecule has 1 aromatic carbocycles. The van der Waals surface area contributed by atoms with E-state index >= 15 is 0 Å². The summed E-state index contributed by atoms with van der Waals surface area (Å²) in [6.45, 7) is 10.3. The summed E-state index contributed by atoms with van der Waals surface area (Å²) >= 11 is 0. The van der Waals surface area contributed by atoms with Crippen molar-refractivity contribution in [3.8, 4) is 5.75 Å². The molecule has 3 heterocycles. The number of aromatic nitrogens is 2. The van der Waals surface area contributed by atoms with Crippen LogP contribution in [-0.4, -0.2) is 84.5 Å². The molecule has 0 saturated heterocycles. The zero-order chi connectivity index (χ0) is 31.6. The van der Waals surface area contributed by atoms with Crippen LogP contribution in [0.25, 0.3) is 0 Å². The second-order valence-electron chi connectivity index (χ2n) is 11.0. The summed E-state index contributed by atoms with van der Waals surface area (Å²) in [5.41, 5.74) is 1.93. The van der Waals surface area contributed by atoms with Gasteiger partial charge in [-0.2, -0.15) is 0 Å². The van der Waals surface area contributed by atoms with Gasteiger partial charge in [-0.3, -0.25) is 9.52 Å². The van der Waals surface area contributed by atoms with E-state index in [1.165, 1.54) is 18.7 Å². The number of nitrogens with one attached hydrogen (secondary N) is 2. The van der Waals surface area contributed by atoms with Crippen molar-refractivity contribution < 1.29 is 36.9 Å². The number of benzene rings is 1. The van der Waals surface area contributed by atoms with E-state index in [1.54, 1.807) is 50.9 Å². The Labute approximate surface area is 250 Å². The number of urea groups is 1. The molecule has 15 heteroatoms. The number of hydrogen-bond acceptors (Lipinski definition) is 10. The Balaban J connectivity index is 1.64. The molecule has 234 valence electrons. The fourth-order valence-corrected chi connectivity index (χ4v) is 6.37. The third-order valence-corrected chi connectivity index (χ3v) is 9.10. The molecule has 0 bridgehead atoms. The molecule has 43 heavy (non-hydrogen) atoms. The van der Waals surface area contributed by atoms with Crippen LogP contribution in [0.3, 0.4) is 0 Å². The van der Waals surface area contributed by atoms with Gasteiger partial charge in [0.2, 0.25) is 5.91 Å². The number of aliphatic hydroxyl groups excluding tert-OH is 1. The van der Waals surface area contributed by atoms with Gasteiger partial charge in [0.05, 0.1) is 25.6 Å². The van der Waals surface area contributed by atoms with Gasteiger partial charge in [-0.1, -0.05) is 17.2 Å². The highest BCUT2D eigenvalue weighted by Crippen LogP contribution is 2.31. The minimum atomic E-state index is -4.03. The first-order valence-electron chi connectivity index (χ1n) is 13.8. The number of sulfonamides is 1. The van der Waals surface area contributed by atoms with Gasteiger partial charge in [0.25, 0.3) is 10.0 Å². The van der Waals surface area contributed by atoms with E-state index in [4.69, 9.17) is 13.8 Å². The van der Waals surface area contributed by atoms with Crippen LogP contribution in [0.2, 0.25) is 0 Å². The van der Waals surface area contributed by atoms with Gasteiger partial charge >= 0.3 is 6.03 Å². The van der Waals surface area contributed by atoms with Crippen molar-refractivity contribution in [2.24, 2.45) is 5.92 Å². The normalized spacial score (nSPS) is 18.1. The van der Waals surface area contributed by atoms with Crippen molar-refractivity contribution >= 4 is 33.3 Å². The molecule has 1 aliphatic rings. The molecule has 0 radical (unpaired) electrons. The Morgan fingerprint density at radius 2 is 1.84 bits per heavy atom. The van der Waals surface area contributed by atoms with Crippen LogP contribution in [0.5, 0.6) is 5.75 Å². The van der Waals surface area contributed by atoms with Crippen molar-refractivity contribution in [2.45, 2.75) is 65.0 Å². The molecule has 4 rings (SSSR count). The van der Waals surface area contributed by atoms with E-state index in [9.17, 15) is 23.1 Å². The molecule has 0 aliphatic carbocycles. The highest BCUT2D eigenvalue weighted by Gasteiger charge is 2.32. The molecule has 0 unspecified atom stereocenters. The van der Waals surface area contributed by atoms with E-state index < -0.39 is 28.2 Å². The van der Waals surface area contributed by atoms with Crippen LogP contribution in [0, 0.1) is 33.6 Å². The lowest BCUT2D eigenvalue weighted by molar-refractivity contribution is -0.134. The fraction of sp³-hybridized carbons (Fsp3) is 0.500. The smallest absolute Gasteiger partial charge is 0.321 e. The number of ether oxygens (including phenoxy) is 1. The first-order chi connectivity index (χ1) is 20.2. The van der Waals surface area contributed by atoms with E-state index in [0.29, 0.717) is 28.5 Å². The second kappa shape index (κ2) is 12.6. The predicted molar refractivity (Wildman–Crippen MR) is 156 cm³/mol. The van der Waals surface area contributed by atoms with Crippen molar-refractivity contribution in [1.82, 2.24) is 20.1 Å². The molecule has 2 aromatic heterocycles. The first kappa shape index (κ1) is 31.8. The molecule has 3 amide bonds. The number of rotatable bonds is 8. The Bertz CT molecular complexity index is 1560. The van der Waals surface area contributed by atoms with Crippen molar-refractivity contribution in [3.05, 3.63) is 46.7 Å². The minimum Gasteiger partial charge on any atom is -0.488 e. The van der Waals surface area contributed by atoms with Crippen LogP contribution < -0.4 is 14.8 Å². The zero-order valence-corrected chi connectivity index (χ0v) is 26.1. The van der Waals surface area contributed by atoms with Crippen LogP contribution in [-0.2, 0) is 21.2 Å². The molecule has 14 nitrogen and oxygen atoms in total. The highest BCUT2D eigenvalue weighted by molar-refractivity contribution is 7.92. The van der Waals surface area contributed by atoms with Crippen molar-refractivity contribution in [1.29, 1.82) is 0 Å². The maximum Gasteiger partial charge on any atom is 0.321 e. The Morgan fingerprint density at radius 3 is 2.44 bits per heavy atom. The summed E-state index contributed by atoms with van der Waals surface area (Å²) in [5.74, 6) is 0.501. The molecule has 0 fully saturated rings. The van der Waals surface area contributed by atoms with Gasteiger partial charge in [0.15, 0.2) is 16.4 Å². The number of fused-ring (bicyclic) bond motifs is 1. The summed E-state index contributed by atoms with van der Waals surface area (Å²) in [7, 11) is -2.41. The Morgan fingerprint density at radius 1 is 1.16 bits per heavy atom. The number of aryl methyl sites for hydroxylation is 4. The quantitative estimate of drug-likeness (QED) is 0.340. The Hall–Kier alpha value is -4.11. The number of amides is 3. The topological polar surface area (TPSA) is 180 Å². The van der Waals surface area contributed by atoms with Crippen molar-refractivity contribution in [2.75, 3.05) is 36.8 Å². The number of anilines is 2. The van der Waals surface area contributed by atoms with E-state index in [1.807, 2.05) is 6.92 Å².